The zero-order valence-electron chi connectivity index (χ0n) is 6.59. The van der Waals surface area contributed by atoms with E-state index in [0.29, 0.717) is 13.2 Å². The van der Waals surface area contributed by atoms with Crippen LogP contribution in [0.15, 0.2) is 0 Å². The Hall–Kier alpha value is -0.640. The number of hydrogen-bond donors (Lipinski definition) is 0. The van der Waals surface area contributed by atoms with Crippen molar-refractivity contribution in [3.8, 4) is 0 Å². The molecule has 0 unspecified atom stereocenters. The van der Waals surface area contributed by atoms with Crippen molar-refractivity contribution in [1.29, 1.82) is 0 Å². The fraction of sp³-hybridized carbons (Fsp3) is 0.857. The molecule has 3 nitrogen and oxygen atoms in total. The summed E-state index contributed by atoms with van der Waals surface area (Å²) in [7, 11) is 0. The van der Waals surface area contributed by atoms with E-state index >= 15 is 0 Å². The molecule has 1 rings (SSSR count). The normalized spacial score (nSPS) is 19.2. The number of alkyl halides is 1. The van der Waals surface area contributed by atoms with Crippen molar-refractivity contribution in [2.45, 2.75) is 25.6 Å². The summed E-state index contributed by atoms with van der Waals surface area (Å²) in [5.41, 5.74) is -1.89. The van der Waals surface area contributed by atoms with Crippen LogP contribution in [0.3, 0.4) is 0 Å². The molecule has 11 heavy (non-hydrogen) atoms. The van der Waals surface area contributed by atoms with Crippen LogP contribution < -0.4 is 0 Å². The predicted octanol–water partition coefficient (Wildman–Crippen LogP) is 0.676. The number of halogens is 1. The van der Waals surface area contributed by atoms with E-state index in [-0.39, 0.29) is 6.10 Å². The summed E-state index contributed by atoms with van der Waals surface area (Å²) in [4.78, 5) is 10.8. The number of carbonyl (C=O) groups excluding carboxylic acids is 1. The average Bonchev–Trinajstić information content (AvgIpc) is 1.75. The lowest BCUT2D eigenvalue weighted by atomic mass is 10.2. The van der Waals surface area contributed by atoms with E-state index in [1.54, 1.807) is 0 Å². The molecule has 0 aromatic rings. The third-order valence-corrected chi connectivity index (χ3v) is 1.37. The van der Waals surface area contributed by atoms with Gasteiger partial charge in [0.2, 0.25) is 5.67 Å². The Balaban J connectivity index is 2.30. The first kappa shape index (κ1) is 8.46. The predicted molar refractivity (Wildman–Crippen MR) is 35.9 cm³/mol. The van der Waals surface area contributed by atoms with Gasteiger partial charge in [0.15, 0.2) is 0 Å². The van der Waals surface area contributed by atoms with Gasteiger partial charge in [0.05, 0.1) is 13.2 Å². The van der Waals surface area contributed by atoms with E-state index in [2.05, 4.69) is 0 Å². The molecule has 1 heterocycles. The summed E-state index contributed by atoms with van der Waals surface area (Å²) in [5, 5.41) is 0. The molecule has 0 aromatic carbocycles. The van der Waals surface area contributed by atoms with Crippen molar-refractivity contribution in [2.24, 2.45) is 0 Å². The second kappa shape index (κ2) is 2.77. The molecule has 1 fully saturated rings. The number of rotatable bonds is 2. The molecular weight excluding hydrogens is 151 g/mol. The summed E-state index contributed by atoms with van der Waals surface area (Å²) in [5.74, 6) is -0.814. The van der Waals surface area contributed by atoms with Gasteiger partial charge in [-0.3, -0.25) is 0 Å². The third-order valence-electron chi connectivity index (χ3n) is 1.37. The lowest BCUT2D eigenvalue weighted by Crippen LogP contribution is -2.42. The van der Waals surface area contributed by atoms with E-state index in [1.165, 1.54) is 13.8 Å². The first-order valence-electron chi connectivity index (χ1n) is 3.48. The van der Waals surface area contributed by atoms with Gasteiger partial charge < -0.3 is 9.47 Å². The standard InChI is InChI=1S/C7H11FO3/c1-7(2,8)6(9)11-5-3-10-4-5/h5H,3-4H2,1-2H3. The smallest absolute Gasteiger partial charge is 0.343 e. The SMILES string of the molecule is CC(C)(F)C(=O)OC1COC1. The van der Waals surface area contributed by atoms with Crippen molar-refractivity contribution in [3.05, 3.63) is 0 Å². The first-order chi connectivity index (χ1) is 5.00. The molecule has 0 radical (unpaired) electrons. The lowest BCUT2D eigenvalue weighted by Gasteiger charge is -2.27. The van der Waals surface area contributed by atoms with E-state index < -0.39 is 11.6 Å². The highest BCUT2D eigenvalue weighted by atomic mass is 19.1. The highest BCUT2D eigenvalue weighted by molar-refractivity contribution is 5.78. The maximum absolute atomic E-state index is 12.8. The van der Waals surface area contributed by atoms with Gasteiger partial charge in [-0.2, -0.15) is 0 Å². The lowest BCUT2D eigenvalue weighted by molar-refractivity contribution is -0.182. The molecule has 0 N–H and O–H groups in total. The van der Waals surface area contributed by atoms with Crippen LogP contribution in [-0.4, -0.2) is 31.0 Å². The molecular formula is C7H11FO3. The fourth-order valence-electron chi connectivity index (χ4n) is 0.574. The van der Waals surface area contributed by atoms with Crippen molar-refractivity contribution in [1.82, 2.24) is 0 Å². The van der Waals surface area contributed by atoms with Gasteiger partial charge in [-0.15, -0.1) is 0 Å². The van der Waals surface area contributed by atoms with E-state index in [4.69, 9.17) is 9.47 Å². The monoisotopic (exact) mass is 162 g/mol. The third kappa shape index (κ3) is 2.15. The van der Waals surface area contributed by atoms with Gasteiger partial charge in [-0.25, -0.2) is 9.18 Å². The zero-order valence-corrected chi connectivity index (χ0v) is 6.59. The topological polar surface area (TPSA) is 35.5 Å². The van der Waals surface area contributed by atoms with Crippen LogP contribution in [0.2, 0.25) is 0 Å². The van der Waals surface area contributed by atoms with Crippen molar-refractivity contribution < 1.29 is 18.7 Å². The Morgan fingerprint density at radius 2 is 2.18 bits per heavy atom. The molecule has 1 saturated heterocycles. The van der Waals surface area contributed by atoms with E-state index in [0.717, 1.165) is 0 Å². The Morgan fingerprint density at radius 1 is 1.64 bits per heavy atom. The van der Waals surface area contributed by atoms with Crippen LogP contribution in [0.25, 0.3) is 0 Å². The highest BCUT2D eigenvalue weighted by Gasteiger charge is 2.33. The Bertz CT molecular complexity index is 158. The van der Waals surface area contributed by atoms with Gasteiger partial charge >= 0.3 is 5.97 Å². The first-order valence-corrected chi connectivity index (χ1v) is 3.48. The molecule has 0 spiro atoms. The van der Waals surface area contributed by atoms with Crippen LogP contribution in [-0.2, 0) is 14.3 Å². The highest BCUT2D eigenvalue weighted by Crippen LogP contribution is 2.14. The molecule has 0 saturated carbocycles. The van der Waals surface area contributed by atoms with E-state index in [9.17, 15) is 9.18 Å². The minimum absolute atomic E-state index is 0.238. The summed E-state index contributed by atoms with van der Waals surface area (Å²) >= 11 is 0. The second-order valence-electron chi connectivity index (χ2n) is 3.04. The number of esters is 1. The molecule has 64 valence electrons. The van der Waals surface area contributed by atoms with Crippen LogP contribution in [0, 0.1) is 0 Å². The molecule has 0 aliphatic carbocycles. The summed E-state index contributed by atoms with van der Waals surface area (Å²) < 4.78 is 22.2. The number of carbonyl (C=O) groups is 1. The maximum atomic E-state index is 12.8. The van der Waals surface area contributed by atoms with Crippen molar-refractivity contribution in [3.63, 3.8) is 0 Å². The maximum Gasteiger partial charge on any atom is 0.343 e. The Kier molecular flexibility index (Phi) is 2.13. The van der Waals surface area contributed by atoms with Crippen molar-refractivity contribution in [2.75, 3.05) is 13.2 Å². The van der Waals surface area contributed by atoms with Gasteiger partial charge in [0.1, 0.15) is 6.10 Å². The minimum Gasteiger partial charge on any atom is -0.455 e. The second-order valence-corrected chi connectivity index (χ2v) is 3.04. The molecule has 0 atom stereocenters. The minimum atomic E-state index is -1.89. The summed E-state index contributed by atoms with van der Waals surface area (Å²) in [6, 6.07) is 0. The molecule has 1 aliphatic rings. The van der Waals surface area contributed by atoms with Crippen LogP contribution in [0.5, 0.6) is 0 Å². The molecule has 0 aromatic heterocycles. The molecule has 4 heteroatoms. The van der Waals surface area contributed by atoms with E-state index in [1.807, 2.05) is 0 Å². The average molecular weight is 162 g/mol. The number of hydrogen-bond acceptors (Lipinski definition) is 3. The largest absolute Gasteiger partial charge is 0.455 e. The molecule has 0 amide bonds. The number of ether oxygens (including phenoxy) is 2. The van der Waals surface area contributed by atoms with Crippen molar-refractivity contribution >= 4 is 5.97 Å². The van der Waals surface area contributed by atoms with Gasteiger partial charge in [-0.05, 0) is 13.8 Å². The summed E-state index contributed by atoms with van der Waals surface area (Å²) in [6.07, 6.45) is -0.238. The van der Waals surface area contributed by atoms with Gasteiger partial charge in [0.25, 0.3) is 0 Å². The molecule has 0 bridgehead atoms. The van der Waals surface area contributed by atoms with Crippen LogP contribution in [0.4, 0.5) is 4.39 Å². The van der Waals surface area contributed by atoms with Crippen LogP contribution >= 0.6 is 0 Å². The van der Waals surface area contributed by atoms with Crippen LogP contribution in [0.1, 0.15) is 13.8 Å². The fourth-order valence-corrected chi connectivity index (χ4v) is 0.574. The Labute approximate surface area is 64.5 Å². The molecule has 1 aliphatic heterocycles. The summed E-state index contributed by atoms with van der Waals surface area (Å²) in [6.45, 7) is 3.13. The van der Waals surface area contributed by atoms with Gasteiger partial charge in [-0.1, -0.05) is 0 Å². The quantitative estimate of drug-likeness (QED) is 0.560. The zero-order chi connectivity index (χ0) is 8.48. The van der Waals surface area contributed by atoms with Gasteiger partial charge in [0, 0.05) is 0 Å². The Morgan fingerprint density at radius 3 is 2.45 bits per heavy atom.